The molecule has 0 unspecified atom stereocenters. The molecule has 1 aliphatic heterocycles. The molecule has 5 atom stereocenters. The van der Waals surface area contributed by atoms with Crippen LogP contribution in [0.3, 0.4) is 0 Å². The van der Waals surface area contributed by atoms with E-state index in [1.807, 2.05) is 13.8 Å². The van der Waals surface area contributed by atoms with Crippen molar-refractivity contribution >= 4 is 27.7 Å². The first kappa shape index (κ1) is 13.3. The maximum Gasteiger partial charge on any atom is 0.309 e. The highest BCUT2D eigenvalue weighted by molar-refractivity contribution is 9.10. The molecule has 2 aliphatic carbocycles. The van der Waals surface area contributed by atoms with Crippen LogP contribution < -0.4 is 0 Å². The molecule has 3 rings (SSSR count). The third-order valence-electron chi connectivity index (χ3n) is 5.30. The number of hydrogen-bond acceptors (Lipinski definition) is 3. The number of halogens is 1. The molecular weight excluding hydrogens is 308 g/mol. The molecule has 104 valence electrons. The van der Waals surface area contributed by atoms with E-state index in [-0.39, 0.29) is 39.9 Å². The Labute approximate surface area is 121 Å². The fourth-order valence-electron chi connectivity index (χ4n) is 4.13. The highest BCUT2D eigenvalue weighted by Crippen LogP contribution is 2.55. The van der Waals surface area contributed by atoms with Crippen LogP contribution in [0.15, 0.2) is 11.1 Å². The summed E-state index contributed by atoms with van der Waals surface area (Å²) in [7, 11) is 0. The Balaban J connectivity index is 2.09. The third kappa shape index (κ3) is 1.75. The number of ketones is 1. The van der Waals surface area contributed by atoms with E-state index in [1.54, 1.807) is 0 Å². The van der Waals surface area contributed by atoms with Crippen molar-refractivity contribution in [3.05, 3.63) is 11.1 Å². The molecule has 1 saturated carbocycles. The van der Waals surface area contributed by atoms with Gasteiger partial charge in [-0.3, -0.25) is 9.59 Å². The van der Waals surface area contributed by atoms with Crippen LogP contribution in [0.4, 0.5) is 0 Å². The number of rotatable bonds is 0. The van der Waals surface area contributed by atoms with Crippen molar-refractivity contribution in [2.75, 3.05) is 0 Å². The minimum Gasteiger partial charge on any atom is -0.457 e. The van der Waals surface area contributed by atoms with Crippen LogP contribution in [0.25, 0.3) is 0 Å². The van der Waals surface area contributed by atoms with E-state index in [4.69, 9.17) is 4.74 Å². The second kappa shape index (κ2) is 4.18. The molecule has 3 aliphatic rings. The van der Waals surface area contributed by atoms with E-state index in [2.05, 4.69) is 22.9 Å². The first-order valence-electron chi connectivity index (χ1n) is 6.95. The standard InChI is InChI=1S/C15H19BrO3/c1-7-9-4-5-15(3)6-10(16)12(17)8(2)11(15)13(9)19-14(7)18/h7,9-10,13H,4-6H2,1-3H3/t7-,9+,10+,13-,15-/m1/s1. The molecule has 19 heavy (non-hydrogen) atoms. The lowest BCUT2D eigenvalue weighted by Gasteiger charge is -2.46. The molecule has 0 radical (unpaired) electrons. The zero-order valence-corrected chi connectivity index (χ0v) is 13.1. The van der Waals surface area contributed by atoms with Gasteiger partial charge in [-0.15, -0.1) is 0 Å². The Kier molecular flexibility index (Phi) is 2.93. The summed E-state index contributed by atoms with van der Waals surface area (Å²) in [6.45, 7) is 6.05. The largest absolute Gasteiger partial charge is 0.457 e. The smallest absolute Gasteiger partial charge is 0.309 e. The number of esters is 1. The monoisotopic (exact) mass is 326 g/mol. The SMILES string of the molecule is CC1=C2[C@@H]3OC(=O)[C@H](C)[C@@H]3CC[C@]2(C)C[C@H](Br)C1=O. The van der Waals surface area contributed by atoms with Crippen LogP contribution in [0.2, 0.25) is 0 Å². The minimum absolute atomic E-state index is 0.00231. The molecule has 1 saturated heterocycles. The molecular formula is C15H19BrO3. The van der Waals surface area contributed by atoms with Gasteiger partial charge in [0, 0.05) is 5.92 Å². The first-order chi connectivity index (χ1) is 8.85. The van der Waals surface area contributed by atoms with Crippen molar-refractivity contribution in [1.82, 2.24) is 0 Å². The first-order valence-corrected chi connectivity index (χ1v) is 7.87. The van der Waals surface area contributed by atoms with E-state index >= 15 is 0 Å². The molecule has 3 nitrogen and oxygen atoms in total. The molecule has 0 aromatic rings. The van der Waals surface area contributed by atoms with E-state index in [1.165, 1.54) is 0 Å². The van der Waals surface area contributed by atoms with Gasteiger partial charge in [0.2, 0.25) is 0 Å². The summed E-state index contributed by atoms with van der Waals surface area (Å²) in [6, 6.07) is 0. The maximum absolute atomic E-state index is 12.2. The summed E-state index contributed by atoms with van der Waals surface area (Å²) in [4.78, 5) is 24.0. The number of Topliss-reactive ketones (excluding diaryl/α,β-unsaturated/α-hetero) is 1. The van der Waals surface area contributed by atoms with Crippen LogP contribution in [0, 0.1) is 17.3 Å². The van der Waals surface area contributed by atoms with E-state index in [9.17, 15) is 9.59 Å². The number of carbonyl (C=O) groups is 2. The summed E-state index contributed by atoms with van der Waals surface area (Å²) >= 11 is 3.50. The predicted octanol–water partition coefficient (Wildman–Crippen LogP) is 3.02. The van der Waals surface area contributed by atoms with Gasteiger partial charge in [0.1, 0.15) is 6.10 Å². The molecule has 0 aromatic carbocycles. The topological polar surface area (TPSA) is 43.4 Å². The summed E-state index contributed by atoms with van der Waals surface area (Å²) in [5, 5.41) is 0. The molecule has 0 N–H and O–H groups in total. The number of alkyl halides is 1. The van der Waals surface area contributed by atoms with Crippen LogP contribution in [-0.2, 0) is 14.3 Å². The number of allylic oxidation sites excluding steroid dienone is 1. The van der Waals surface area contributed by atoms with Gasteiger partial charge in [-0.25, -0.2) is 0 Å². The predicted molar refractivity (Wildman–Crippen MR) is 74.9 cm³/mol. The van der Waals surface area contributed by atoms with Gasteiger partial charge in [-0.05, 0) is 42.7 Å². The van der Waals surface area contributed by atoms with Crippen molar-refractivity contribution in [2.24, 2.45) is 17.3 Å². The van der Waals surface area contributed by atoms with Crippen LogP contribution >= 0.6 is 15.9 Å². The number of carbonyl (C=O) groups excluding carboxylic acids is 2. The van der Waals surface area contributed by atoms with E-state index < -0.39 is 0 Å². The molecule has 0 amide bonds. The quantitative estimate of drug-likeness (QED) is 0.507. The van der Waals surface area contributed by atoms with Crippen LogP contribution in [0.1, 0.15) is 40.0 Å². The summed E-state index contributed by atoms with van der Waals surface area (Å²) in [5.41, 5.74) is 1.91. The fourth-order valence-corrected chi connectivity index (χ4v) is 5.19. The number of fused-ring (bicyclic) bond motifs is 3. The number of ether oxygens (including phenoxy) is 1. The zero-order valence-electron chi connectivity index (χ0n) is 11.5. The lowest BCUT2D eigenvalue weighted by Crippen LogP contribution is -2.45. The van der Waals surface area contributed by atoms with Crippen molar-refractivity contribution in [1.29, 1.82) is 0 Å². The Bertz CT molecular complexity index is 496. The number of hydrogen-bond donors (Lipinski definition) is 0. The van der Waals surface area contributed by atoms with Crippen molar-refractivity contribution in [2.45, 2.75) is 51.0 Å². The molecule has 4 heteroatoms. The van der Waals surface area contributed by atoms with Crippen molar-refractivity contribution < 1.29 is 14.3 Å². The average molecular weight is 327 g/mol. The highest BCUT2D eigenvalue weighted by Gasteiger charge is 2.55. The maximum atomic E-state index is 12.2. The summed E-state index contributed by atoms with van der Waals surface area (Å²) in [6.07, 6.45) is 2.70. The van der Waals surface area contributed by atoms with Gasteiger partial charge in [0.25, 0.3) is 0 Å². The second-order valence-corrected chi connectivity index (χ2v) is 7.59. The fraction of sp³-hybridized carbons (Fsp3) is 0.733. The molecule has 0 spiro atoms. The minimum atomic E-state index is -0.162. The Morgan fingerprint density at radius 3 is 2.74 bits per heavy atom. The van der Waals surface area contributed by atoms with E-state index in [0.717, 1.165) is 30.4 Å². The highest BCUT2D eigenvalue weighted by atomic mass is 79.9. The van der Waals surface area contributed by atoms with Crippen molar-refractivity contribution in [3.63, 3.8) is 0 Å². The van der Waals surface area contributed by atoms with Crippen molar-refractivity contribution in [3.8, 4) is 0 Å². The van der Waals surface area contributed by atoms with Crippen LogP contribution in [-0.4, -0.2) is 22.7 Å². The molecule has 1 heterocycles. The third-order valence-corrected chi connectivity index (χ3v) is 6.04. The summed E-state index contributed by atoms with van der Waals surface area (Å²) in [5.74, 6) is 0.272. The Morgan fingerprint density at radius 2 is 2.05 bits per heavy atom. The lowest BCUT2D eigenvalue weighted by molar-refractivity contribution is -0.143. The second-order valence-electron chi connectivity index (χ2n) is 6.48. The molecule has 0 aromatic heterocycles. The van der Waals surface area contributed by atoms with Gasteiger partial charge in [0.05, 0.1) is 10.7 Å². The molecule has 0 bridgehead atoms. The Hall–Kier alpha value is -0.640. The van der Waals surface area contributed by atoms with Gasteiger partial charge in [-0.1, -0.05) is 29.8 Å². The Morgan fingerprint density at radius 1 is 1.37 bits per heavy atom. The lowest BCUT2D eigenvalue weighted by atomic mass is 9.59. The molecule has 2 fully saturated rings. The normalized spacial score (nSPS) is 45.9. The van der Waals surface area contributed by atoms with Gasteiger partial charge >= 0.3 is 5.97 Å². The zero-order chi connectivity index (χ0) is 13.9. The van der Waals surface area contributed by atoms with Gasteiger partial charge in [0.15, 0.2) is 5.78 Å². The van der Waals surface area contributed by atoms with Crippen LogP contribution in [0.5, 0.6) is 0 Å². The van der Waals surface area contributed by atoms with E-state index in [0.29, 0.717) is 0 Å². The average Bonchev–Trinajstić information content (AvgIpc) is 2.61. The summed E-state index contributed by atoms with van der Waals surface area (Å²) < 4.78 is 5.60. The van der Waals surface area contributed by atoms with Gasteiger partial charge < -0.3 is 4.74 Å². The van der Waals surface area contributed by atoms with Gasteiger partial charge in [-0.2, -0.15) is 0 Å².